The van der Waals surface area contributed by atoms with Crippen LogP contribution in [0.5, 0.6) is 0 Å². The fourth-order valence-corrected chi connectivity index (χ4v) is 5.43. The van der Waals surface area contributed by atoms with Crippen LogP contribution in [0.25, 0.3) is 10.6 Å². The zero-order valence-electron chi connectivity index (χ0n) is 18.3. The average molecular weight is 479 g/mol. The van der Waals surface area contributed by atoms with Crippen LogP contribution < -0.4 is 5.32 Å². The molecule has 1 saturated heterocycles. The van der Waals surface area contributed by atoms with Gasteiger partial charge in [-0.25, -0.2) is 9.67 Å². The van der Waals surface area contributed by atoms with Gasteiger partial charge in [0.15, 0.2) is 0 Å². The molecule has 170 valence electrons. The summed E-state index contributed by atoms with van der Waals surface area (Å²) in [5.41, 5.74) is 2.28. The van der Waals surface area contributed by atoms with E-state index in [2.05, 4.69) is 43.8 Å². The van der Waals surface area contributed by atoms with E-state index >= 15 is 0 Å². The van der Waals surface area contributed by atoms with E-state index in [1.54, 1.807) is 28.9 Å². The maximum Gasteiger partial charge on any atom is 0.239 e. The van der Waals surface area contributed by atoms with E-state index < -0.39 is 0 Å². The third-order valence-electron chi connectivity index (χ3n) is 5.66. The summed E-state index contributed by atoms with van der Waals surface area (Å²) < 4.78 is 1.83. The number of thiazole rings is 1. The molecule has 9 heteroatoms. The van der Waals surface area contributed by atoms with Crippen molar-refractivity contribution in [1.82, 2.24) is 24.6 Å². The first-order valence-corrected chi connectivity index (χ1v) is 12.8. The number of benzene rings is 1. The van der Waals surface area contributed by atoms with E-state index in [4.69, 9.17) is 4.98 Å². The molecule has 0 aliphatic carbocycles. The van der Waals surface area contributed by atoms with E-state index in [9.17, 15) is 4.79 Å². The van der Waals surface area contributed by atoms with Crippen molar-refractivity contribution in [2.75, 3.05) is 38.0 Å². The van der Waals surface area contributed by atoms with E-state index in [-0.39, 0.29) is 5.91 Å². The molecule has 1 N–H and O–H groups in total. The van der Waals surface area contributed by atoms with Gasteiger partial charge >= 0.3 is 0 Å². The minimum Gasteiger partial charge on any atom is -0.310 e. The van der Waals surface area contributed by atoms with Crippen LogP contribution in [-0.2, 0) is 17.9 Å². The van der Waals surface area contributed by atoms with Gasteiger partial charge in [-0.15, -0.1) is 22.7 Å². The number of hydrogen-bond acceptors (Lipinski definition) is 7. The van der Waals surface area contributed by atoms with Crippen LogP contribution in [-0.4, -0.2) is 63.2 Å². The molecule has 0 saturated carbocycles. The Morgan fingerprint density at radius 2 is 1.76 bits per heavy atom. The first kappa shape index (κ1) is 22.0. The first-order valence-electron chi connectivity index (χ1n) is 11.0. The third kappa shape index (κ3) is 5.75. The lowest BCUT2D eigenvalue weighted by Gasteiger charge is -2.33. The van der Waals surface area contributed by atoms with Crippen molar-refractivity contribution in [3.8, 4) is 10.6 Å². The lowest BCUT2D eigenvalue weighted by atomic mass is 10.2. The molecule has 33 heavy (non-hydrogen) atoms. The summed E-state index contributed by atoms with van der Waals surface area (Å²) in [4.78, 5) is 23.3. The Kier molecular flexibility index (Phi) is 6.92. The molecule has 4 heterocycles. The second-order valence-electron chi connectivity index (χ2n) is 8.06. The molecule has 0 bridgehead atoms. The number of carbonyl (C=O) groups is 1. The Bertz CT molecular complexity index is 1160. The maximum atomic E-state index is 12.6. The molecule has 1 aromatic carbocycles. The first-order chi connectivity index (χ1) is 16.2. The van der Waals surface area contributed by atoms with Crippen LogP contribution in [0.4, 0.5) is 5.82 Å². The number of aromatic nitrogens is 3. The van der Waals surface area contributed by atoms with Crippen molar-refractivity contribution >= 4 is 34.4 Å². The average Bonchev–Trinajstić information content (AvgIpc) is 3.60. The zero-order chi connectivity index (χ0) is 22.5. The van der Waals surface area contributed by atoms with Gasteiger partial charge in [0.25, 0.3) is 0 Å². The molecule has 0 unspecified atom stereocenters. The van der Waals surface area contributed by atoms with Crippen molar-refractivity contribution in [2.45, 2.75) is 13.1 Å². The molecule has 1 fully saturated rings. The minimum atomic E-state index is 0.00313. The van der Waals surface area contributed by atoms with Crippen LogP contribution >= 0.6 is 22.7 Å². The number of nitrogens with one attached hydrogen (secondary N) is 1. The fourth-order valence-electron chi connectivity index (χ4n) is 3.93. The minimum absolute atomic E-state index is 0.00313. The Hall–Kier alpha value is -2.85. The van der Waals surface area contributed by atoms with E-state index in [1.165, 1.54) is 10.4 Å². The monoisotopic (exact) mass is 478 g/mol. The highest BCUT2D eigenvalue weighted by Crippen LogP contribution is 2.24. The molecule has 3 aromatic heterocycles. The molecular formula is C24H26N6OS2. The SMILES string of the molecule is O=C(CN1CCN(Cc2csc(-c3ccccc3)n2)CC1)Nc1ccnn1Cc1cccs1. The second-order valence-corrected chi connectivity index (χ2v) is 9.95. The van der Waals surface area contributed by atoms with E-state index in [0.717, 1.165) is 49.2 Å². The summed E-state index contributed by atoms with van der Waals surface area (Å²) in [6.07, 6.45) is 1.73. The predicted molar refractivity (Wildman–Crippen MR) is 134 cm³/mol. The van der Waals surface area contributed by atoms with E-state index in [1.807, 2.05) is 40.4 Å². The lowest BCUT2D eigenvalue weighted by Crippen LogP contribution is -2.48. The van der Waals surface area contributed by atoms with Gasteiger partial charge in [-0.05, 0) is 11.4 Å². The highest BCUT2D eigenvalue weighted by molar-refractivity contribution is 7.13. The number of amides is 1. The summed E-state index contributed by atoms with van der Waals surface area (Å²) in [5.74, 6) is 0.744. The second kappa shape index (κ2) is 10.4. The number of thiophene rings is 1. The standard InChI is InChI=1S/C24H26N6OS2/c31-23(27-22-8-9-25-30(22)16-21-7-4-14-32-21)17-29-12-10-28(11-13-29)15-20-18-33-24(26-20)19-5-2-1-3-6-19/h1-9,14,18H,10-13,15-17H2,(H,27,31). The number of piperazine rings is 1. The topological polar surface area (TPSA) is 66.3 Å². The number of rotatable bonds is 8. The Balaban J connectivity index is 1.08. The van der Waals surface area contributed by atoms with Gasteiger partial charge in [-0.2, -0.15) is 5.10 Å². The number of hydrogen-bond donors (Lipinski definition) is 1. The molecule has 1 aliphatic heterocycles. The summed E-state index contributed by atoms with van der Waals surface area (Å²) >= 11 is 3.38. The van der Waals surface area contributed by atoms with Crippen molar-refractivity contribution in [1.29, 1.82) is 0 Å². The fraction of sp³-hybridized carbons (Fsp3) is 0.292. The quantitative estimate of drug-likeness (QED) is 0.416. The molecule has 1 aliphatic rings. The number of nitrogens with zero attached hydrogens (tertiary/aromatic N) is 5. The zero-order valence-corrected chi connectivity index (χ0v) is 19.9. The number of anilines is 1. The maximum absolute atomic E-state index is 12.6. The van der Waals surface area contributed by atoms with Gasteiger partial charge in [0.1, 0.15) is 10.8 Å². The van der Waals surface area contributed by atoms with E-state index in [0.29, 0.717) is 13.1 Å². The Morgan fingerprint density at radius 1 is 0.939 bits per heavy atom. The van der Waals surface area contributed by atoms with Crippen LogP contribution in [0.2, 0.25) is 0 Å². The van der Waals surface area contributed by atoms with Gasteiger partial charge in [-0.3, -0.25) is 14.6 Å². The van der Waals surface area contributed by atoms with Crippen molar-refractivity contribution < 1.29 is 4.79 Å². The van der Waals surface area contributed by atoms with Crippen LogP contribution in [0.1, 0.15) is 10.6 Å². The molecule has 5 rings (SSSR count). The smallest absolute Gasteiger partial charge is 0.239 e. The molecule has 4 aromatic rings. The van der Waals surface area contributed by atoms with Crippen molar-refractivity contribution in [3.05, 3.63) is 76.1 Å². The third-order valence-corrected chi connectivity index (χ3v) is 7.46. The van der Waals surface area contributed by atoms with Gasteiger partial charge in [0.2, 0.25) is 5.91 Å². The Morgan fingerprint density at radius 3 is 2.55 bits per heavy atom. The largest absolute Gasteiger partial charge is 0.310 e. The molecule has 0 radical (unpaired) electrons. The summed E-state index contributed by atoms with van der Waals surface area (Å²) in [7, 11) is 0. The van der Waals surface area contributed by atoms with Crippen LogP contribution in [0.15, 0.2) is 65.5 Å². The molecule has 1 amide bonds. The summed E-state index contributed by atoms with van der Waals surface area (Å²) in [6, 6.07) is 16.3. The molecule has 0 atom stereocenters. The Labute approximate surface area is 201 Å². The van der Waals surface area contributed by atoms with Crippen molar-refractivity contribution in [2.24, 2.45) is 0 Å². The number of carbonyl (C=O) groups excluding carboxylic acids is 1. The van der Waals surface area contributed by atoms with Gasteiger partial charge in [0.05, 0.1) is 25.0 Å². The van der Waals surface area contributed by atoms with Crippen LogP contribution in [0, 0.1) is 0 Å². The highest BCUT2D eigenvalue weighted by atomic mass is 32.1. The summed E-state index contributed by atoms with van der Waals surface area (Å²) in [6.45, 7) is 5.53. The van der Waals surface area contributed by atoms with Gasteiger partial charge < -0.3 is 5.32 Å². The summed E-state index contributed by atoms with van der Waals surface area (Å²) in [5, 5.41) is 12.6. The van der Waals surface area contributed by atoms with Crippen LogP contribution in [0.3, 0.4) is 0 Å². The predicted octanol–water partition coefficient (Wildman–Crippen LogP) is 3.87. The van der Waals surface area contributed by atoms with Crippen molar-refractivity contribution in [3.63, 3.8) is 0 Å². The molecule has 7 nitrogen and oxygen atoms in total. The van der Waals surface area contributed by atoms with Gasteiger partial charge in [-0.1, -0.05) is 36.4 Å². The molecular weight excluding hydrogens is 452 g/mol. The highest BCUT2D eigenvalue weighted by Gasteiger charge is 2.20. The lowest BCUT2D eigenvalue weighted by molar-refractivity contribution is -0.117. The molecule has 0 spiro atoms. The van der Waals surface area contributed by atoms with Gasteiger partial charge in [0, 0.05) is 54.6 Å². The normalized spacial score (nSPS) is 15.0.